The number of allylic oxidation sites excluding steroid dienone is 1. The average Bonchev–Trinajstić information content (AvgIpc) is 2.17. The molecular weight excluding hydrogens is 191 g/mol. The van der Waals surface area contributed by atoms with Gasteiger partial charge in [0.15, 0.2) is 5.29 Å². The van der Waals surface area contributed by atoms with Crippen molar-refractivity contribution < 1.29 is 9.13 Å². The van der Waals surface area contributed by atoms with Crippen LogP contribution in [0.5, 0.6) is 5.75 Å². The molecule has 70 valence electrons. The molecule has 0 saturated carbocycles. The Bertz CT molecular complexity index is 312. The maximum atomic E-state index is 12.6. The highest BCUT2D eigenvalue weighted by atomic mass is 35.5. The first-order valence-corrected chi connectivity index (χ1v) is 4.19. The van der Waals surface area contributed by atoms with E-state index in [1.807, 2.05) is 0 Å². The fourth-order valence-corrected chi connectivity index (χ4v) is 1.06. The Morgan fingerprint density at radius 2 is 1.85 bits per heavy atom. The standard InChI is InChI=1S/C10H10ClFO/c1-7(10(11)12)8-3-5-9(13-2)6-4-8/h3-6H,1-2H3/b10-7-. The molecule has 1 nitrogen and oxygen atoms in total. The maximum Gasteiger partial charge on any atom is 0.192 e. The molecule has 0 spiro atoms. The van der Waals surface area contributed by atoms with E-state index < -0.39 is 5.29 Å². The summed E-state index contributed by atoms with van der Waals surface area (Å²) in [5.74, 6) is 0.742. The summed E-state index contributed by atoms with van der Waals surface area (Å²) in [6.45, 7) is 1.63. The molecule has 0 aliphatic carbocycles. The topological polar surface area (TPSA) is 9.23 Å². The summed E-state index contributed by atoms with van der Waals surface area (Å²) in [5.41, 5.74) is 1.19. The van der Waals surface area contributed by atoms with Crippen LogP contribution < -0.4 is 4.74 Å². The zero-order valence-corrected chi connectivity index (χ0v) is 8.23. The van der Waals surface area contributed by atoms with Crippen LogP contribution in [0.2, 0.25) is 0 Å². The summed E-state index contributed by atoms with van der Waals surface area (Å²) < 4.78 is 17.5. The fraction of sp³-hybridized carbons (Fsp3) is 0.200. The summed E-state index contributed by atoms with van der Waals surface area (Å²) in [5, 5.41) is -0.676. The average molecular weight is 201 g/mol. The summed E-state index contributed by atoms with van der Waals surface area (Å²) >= 11 is 5.22. The number of ether oxygens (including phenoxy) is 1. The van der Waals surface area contributed by atoms with E-state index in [-0.39, 0.29) is 0 Å². The van der Waals surface area contributed by atoms with E-state index in [4.69, 9.17) is 16.3 Å². The van der Waals surface area contributed by atoms with Gasteiger partial charge in [-0.1, -0.05) is 23.7 Å². The molecule has 0 amide bonds. The first-order chi connectivity index (χ1) is 6.15. The minimum Gasteiger partial charge on any atom is -0.497 e. The van der Waals surface area contributed by atoms with E-state index in [9.17, 15) is 4.39 Å². The van der Waals surface area contributed by atoms with Crippen LogP contribution in [0.1, 0.15) is 12.5 Å². The summed E-state index contributed by atoms with van der Waals surface area (Å²) in [4.78, 5) is 0. The highest BCUT2D eigenvalue weighted by Gasteiger charge is 2.01. The van der Waals surface area contributed by atoms with E-state index in [2.05, 4.69) is 0 Å². The smallest absolute Gasteiger partial charge is 0.192 e. The van der Waals surface area contributed by atoms with E-state index in [1.165, 1.54) is 0 Å². The van der Waals surface area contributed by atoms with Crippen molar-refractivity contribution in [1.82, 2.24) is 0 Å². The number of rotatable bonds is 2. The number of hydrogen-bond acceptors (Lipinski definition) is 1. The summed E-state index contributed by atoms with van der Waals surface area (Å²) in [6.07, 6.45) is 0. The molecule has 0 saturated heterocycles. The van der Waals surface area contributed by atoms with E-state index in [1.54, 1.807) is 38.3 Å². The molecule has 0 N–H and O–H groups in total. The van der Waals surface area contributed by atoms with Gasteiger partial charge < -0.3 is 4.74 Å². The molecule has 0 aliphatic rings. The zero-order valence-electron chi connectivity index (χ0n) is 7.47. The highest BCUT2D eigenvalue weighted by Crippen LogP contribution is 2.23. The van der Waals surface area contributed by atoms with Gasteiger partial charge in [0.25, 0.3) is 0 Å². The third kappa shape index (κ3) is 2.46. The lowest BCUT2D eigenvalue weighted by Crippen LogP contribution is -1.84. The normalized spacial score (nSPS) is 12.3. The lowest BCUT2D eigenvalue weighted by molar-refractivity contribution is 0.415. The molecular formula is C10H10ClFO. The van der Waals surface area contributed by atoms with Crippen molar-refractivity contribution in [2.45, 2.75) is 6.92 Å². The van der Waals surface area contributed by atoms with Crippen molar-refractivity contribution in [3.63, 3.8) is 0 Å². The lowest BCUT2D eigenvalue weighted by atomic mass is 10.1. The van der Waals surface area contributed by atoms with Crippen LogP contribution in [-0.4, -0.2) is 7.11 Å². The second-order valence-electron chi connectivity index (χ2n) is 2.61. The predicted molar refractivity (Wildman–Crippen MR) is 52.5 cm³/mol. The molecule has 0 aromatic heterocycles. The van der Waals surface area contributed by atoms with Crippen molar-refractivity contribution in [2.75, 3.05) is 7.11 Å². The first kappa shape index (κ1) is 10.1. The maximum absolute atomic E-state index is 12.6. The quantitative estimate of drug-likeness (QED) is 0.709. The molecule has 0 unspecified atom stereocenters. The van der Waals surface area contributed by atoms with Crippen LogP contribution in [-0.2, 0) is 0 Å². The summed E-state index contributed by atoms with van der Waals surface area (Å²) in [7, 11) is 1.58. The lowest BCUT2D eigenvalue weighted by Gasteiger charge is -2.02. The Labute approximate surface area is 81.8 Å². The van der Waals surface area contributed by atoms with Crippen molar-refractivity contribution in [3.05, 3.63) is 35.1 Å². The monoisotopic (exact) mass is 200 g/mol. The largest absolute Gasteiger partial charge is 0.497 e. The van der Waals surface area contributed by atoms with Crippen molar-refractivity contribution in [3.8, 4) is 5.75 Å². The van der Waals surface area contributed by atoms with Gasteiger partial charge in [0.1, 0.15) is 5.75 Å². The van der Waals surface area contributed by atoms with Crippen LogP contribution in [0.3, 0.4) is 0 Å². The van der Waals surface area contributed by atoms with E-state index in [0.29, 0.717) is 5.57 Å². The molecule has 0 aliphatic heterocycles. The molecule has 0 heterocycles. The molecule has 0 radical (unpaired) electrons. The molecule has 0 bridgehead atoms. The number of halogens is 2. The third-order valence-electron chi connectivity index (χ3n) is 1.81. The van der Waals surface area contributed by atoms with Gasteiger partial charge in [-0.15, -0.1) is 0 Å². The highest BCUT2D eigenvalue weighted by molar-refractivity contribution is 6.31. The fourth-order valence-electron chi connectivity index (χ4n) is 0.950. The van der Waals surface area contributed by atoms with Gasteiger partial charge >= 0.3 is 0 Å². The van der Waals surface area contributed by atoms with Crippen molar-refractivity contribution in [1.29, 1.82) is 0 Å². The second-order valence-corrected chi connectivity index (χ2v) is 2.95. The molecule has 1 aromatic rings. The predicted octanol–water partition coefficient (Wildman–Crippen LogP) is 3.59. The van der Waals surface area contributed by atoms with Crippen LogP contribution in [0.4, 0.5) is 4.39 Å². The minimum atomic E-state index is -0.676. The Kier molecular flexibility index (Phi) is 3.32. The van der Waals surface area contributed by atoms with Crippen LogP contribution in [0, 0.1) is 0 Å². The number of hydrogen-bond donors (Lipinski definition) is 0. The molecule has 3 heteroatoms. The van der Waals surface area contributed by atoms with Gasteiger partial charge in [0, 0.05) is 5.57 Å². The van der Waals surface area contributed by atoms with Crippen LogP contribution >= 0.6 is 11.6 Å². The minimum absolute atomic E-state index is 0.435. The zero-order chi connectivity index (χ0) is 9.84. The molecule has 0 atom stereocenters. The van der Waals surface area contributed by atoms with Gasteiger partial charge in [-0.3, -0.25) is 0 Å². The van der Waals surface area contributed by atoms with Crippen LogP contribution in [0.15, 0.2) is 29.6 Å². The van der Waals surface area contributed by atoms with Crippen molar-refractivity contribution in [2.24, 2.45) is 0 Å². The second kappa shape index (κ2) is 4.28. The van der Waals surface area contributed by atoms with Gasteiger partial charge in [-0.05, 0) is 24.6 Å². The van der Waals surface area contributed by atoms with Crippen LogP contribution in [0.25, 0.3) is 5.57 Å². The summed E-state index contributed by atoms with van der Waals surface area (Å²) in [6, 6.07) is 7.05. The third-order valence-corrected chi connectivity index (χ3v) is 2.09. The Morgan fingerprint density at radius 1 is 1.31 bits per heavy atom. The van der Waals surface area contributed by atoms with Crippen molar-refractivity contribution >= 4 is 17.2 Å². The number of methoxy groups -OCH3 is 1. The molecule has 13 heavy (non-hydrogen) atoms. The Morgan fingerprint density at radius 3 is 2.23 bits per heavy atom. The number of benzene rings is 1. The van der Waals surface area contributed by atoms with Gasteiger partial charge in [0.2, 0.25) is 0 Å². The Hall–Kier alpha value is -1.02. The SMILES string of the molecule is COc1ccc(/C(C)=C(\F)Cl)cc1. The van der Waals surface area contributed by atoms with Gasteiger partial charge in [0.05, 0.1) is 7.11 Å². The Balaban J connectivity index is 2.99. The van der Waals surface area contributed by atoms with E-state index >= 15 is 0 Å². The molecule has 0 fully saturated rings. The van der Waals surface area contributed by atoms with Gasteiger partial charge in [-0.25, -0.2) is 0 Å². The van der Waals surface area contributed by atoms with E-state index in [0.717, 1.165) is 11.3 Å². The first-order valence-electron chi connectivity index (χ1n) is 3.81. The molecule has 1 rings (SSSR count). The molecule has 1 aromatic carbocycles. The van der Waals surface area contributed by atoms with Gasteiger partial charge in [-0.2, -0.15) is 4.39 Å².